The molecular weight excluding hydrogens is 268 g/mol. The van der Waals surface area contributed by atoms with E-state index in [0.29, 0.717) is 17.1 Å². The van der Waals surface area contributed by atoms with Crippen molar-refractivity contribution in [2.24, 2.45) is 5.73 Å². The molecule has 2 rings (SSSR count). The number of aromatic nitrogens is 1. The van der Waals surface area contributed by atoms with Gasteiger partial charge in [0, 0.05) is 29.9 Å². The summed E-state index contributed by atoms with van der Waals surface area (Å²) in [6.45, 7) is 0.276. The number of hydrogen-bond acceptors (Lipinski definition) is 5. The Morgan fingerprint density at radius 2 is 2.00 bits per heavy atom. The number of benzene rings is 1. The van der Waals surface area contributed by atoms with E-state index < -0.39 is 6.10 Å². The molecule has 1 aromatic carbocycles. The molecule has 0 saturated carbocycles. The number of pyridine rings is 1. The largest absolute Gasteiger partial charge is 0.497 e. The van der Waals surface area contributed by atoms with E-state index >= 15 is 0 Å². The van der Waals surface area contributed by atoms with Crippen molar-refractivity contribution in [1.29, 1.82) is 0 Å². The molecule has 0 radical (unpaired) electrons. The topological polar surface area (TPSA) is 77.6 Å². The van der Waals surface area contributed by atoms with Crippen LogP contribution in [-0.2, 0) is 0 Å². The third-order valence-electron chi connectivity index (χ3n) is 3.46. The highest BCUT2D eigenvalue weighted by molar-refractivity contribution is 5.42. The second-order valence-corrected chi connectivity index (χ2v) is 4.65. The van der Waals surface area contributed by atoms with E-state index in [1.807, 2.05) is 18.2 Å². The van der Waals surface area contributed by atoms with Crippen molar-refractivity contribution in [1.82, 2.24) is 4.98 Å². The molecule has 0 aliphatic carbocycles. The van der Waals surface area contributed by atoms with Gasteiger partial charge < -0.3 is 20.3 Å². The molecule has 0 saturated heterocycles. The van der Waals surface area contributed by atoms with E-state index in [9.17, 15) is 5.11 Å². The highest BCUT2D eigenvalue weighted by Crippen LogP contribution is 2.36. The third-order valence-corrected chi connectivity index (χ3v) is 3.46. The summed E-state index contributed by atoms with van der Waals surface area (Å²) in [5.41, 5.74) is 7.22. The normalized spacial score (nSPS) is 13.5. The molecule has 112 valence electrons. The number of aliphatic hydroxyl groups is 1. The zero-order chi connectivity index (χ0) is 15.2. The first-order valence-electron chi connectivity index (χ1n) is 6.72. The summed E-state index contributed by atoms with van der Waals surface area (Å²) in [6, 6.07) is 10.9. The van der Waals surface area contributed by atoms with Crippen LogP contribution in [0.4, 0.5) is 0 Å². The molecule has 0 aliphatic heterocycles. The predicted octanol–water partition coefficient (Wildman–Crippen LogP) is 1.87. The summed E-state index contributed by atoms with van der Waals surface area (Å²) >= 11 is 0. The average molecular weight is 288 g/mol. The Morgan fingerprint density at radius 3 is 2.57 bits per heavy atom. The fraction of sp³-hybridized carbons (Fsp3) is 0.312. The first-order valence-corrected chi connectivity index (χ1v) is 6.72. The van der Waals surface area contributed by atoms with Gasteiger partial charge in [0.1, 0.15) is 11.5 Å². The summed E-state index contributed by atoms with van der Waals surface area (Å²) in [7, 11) is 3.15. The van der Waals surface area contributed by atoms with E-state index in [1.165, 1.54) is 0 Å². The van der Waals surface area contributed by atoms with Crippen molar-refractivity contribution in [3.8, 4) is 11.5 Å². The lowest BCUT2D eigenvalue weighted by Crippen LogP contribution is -2.21. The van der Waals surface area contributed by atoms with Gasteiger partial charge in [0.15, 0.2) is 0 Å². The number of ether oxygens (including phenoxy) is 2. The SMILES string of the molecule is COc1ccc(OC)c(C(O)C(CN)c2ccccn2)c1. The van der Waals surface area contributed by atoms with Crippen molar-refractivity contribution in [2.75, 3.05) is 20.8 Å². The number of nitrogens with zero attached hydrogens (tertiary/aromatic N) is 1. The van der Waals surface area contributed by atoms with Gasteiger partial charge in [-0.05, 0) is 30.3 Å². The molecular formula is C16H20N2O3. The smallest absolute Gasteiger partial charge is 0.124 e. The van der Waals surface area contributed by atoms with Crippen LogP contribution in [0.15, 0.2) is 42.6 Å². The molecule has 21 heavy (non-hydrogen) atoms. The fourth-order valence-corrected chi connectivity index (χ4v) is 2.29. The standard InChI is InChI=1S/C16H20N2O3/c1-20-11-6-7-15(21-2)12(9-11)16(19)13(10-17)14-5-3-4-8-18-14/h3-9,13,16,19H,10,17H2,1-2H3. The molecule has 0 bridgehead atoms. The highest BCUT2D eigenvalue weighted by Gasteiger charge is 2.25. The summed E-state index contributed by atoms with van der Waals surface area (Å²) in [6.07, 6.45) is 0.864. The van der Waals surface area contributed by atoms with Crippen LogP contribution in [-0.4, -0.2) is 30.9 Å². The molecule has 0 fully saturated rings. The zero-order valence-electron chi connectivity index (χ0n) is 12.2. The summed E-state index contributed by atoms with van der Waals surface area (Å²) < 4.78 is 10.5. The molecule has 0 spiro atoms. The lowest BCUT2D eigenvalue weighted by atomic mass is 9.91. The maximum absolute atomic E-state index is 10.7. The number of rotatable bonds is 6. The van der Waals surface area contributed by atoms with Gasteiger partial charge in [0.25, 0.3) is 0 Å². The minimum atomic E-state index is -0.824. The lowest BCUT2D eigenvalue weighted by molar-refractivity contribution is 0.141. The maximum atomic E-state index is 10.7. The molecule has 5 heteroatoms. The Hall–Kier alpha value is -2.11. The van der Waals surface area contributed by atoms with Gasteiger partial charge in [-0.15, -0.1) is 0 Å². The van der Waals surface area contributed by atoms with Crippen molar-refractivity contribution in [2.45, 2.75) is 12.0 Å². The number of nitrogens with two attached hydrogens (primary N) is 1. The van der Waals surface area contributed by atoms with E-state index in [1.54, 1.807) is 38.6 Å². The molecule has 0 aliphatic rings. The minimum Gasteiger partial charge on any atom is -0.497 e. The quantitative estimate of drug-likeness (QED) is 0.848. The molecule has 0 amide bonds. The Labute approximate surface area is 124 Å². The van der Waals surface area contributed by atoms with Gasteiger partial charge >= 0.3 is 0 Å². The number of methoxy groups -OCH3 is 2. The van der Waals surface area contributed by atoms with Crippen LogP contribution >= 0.6 is 0 Å². The first-order chi connectivity index (χ1) is 10.2. The van der Waals surface area contributed by atoms with Crippen LogP contribution in [0.1, 0.15) is 23.3 Å². The minimum absolute atomic E-state index is 0.276. The van der Waals surface area contributed by atoms with Crippen LogP contribution in [0.3, 0.4) is 0 Å². The Kier molecular flexibility index (Phi) is 5.14. The second kappa shape index (κ2) is 7.06. The number of hydrogen-bond donors (Lipinski definition) is 2. The zero-order valence-corrected chi connectivity index (χ0v) is 12.2. The molecule has 1 heterocycles. The van der Waals surface area contributed by atoms with Crippen molar-refractivity contribution < 1.29 is 14.6 Å². The van der Waals surface area contributed by atoms with Gasteiger partial charge in [0.2, 0.25) is 0 Å². The Morgan fingerprint density at radius 1 is 1.19 bits per heavy atom. The van der Waals surface area contributed by atoms with Gasteiger partial charge in [-0.25, -0.2) is 0 Å². The maximum Gasteiger partial charge on any atom is 0.124 e. The second-order valence-electron chi connectivity index (χ2n) is 4.65. The van der Waals surface area contributed by atoms with Crippen molar-refractivity contribution in [3.63, 3.8) is 0 Å². The van der Waals surface area contributed by atoms with E-state index in [0.717, 1.165) is 5.69 Å². The molecule has 2 aromatic rings. The Balaban J connectivity index is 2.39. The molecule has 3 N–H and O–H groups in total. The summed E-state index contributed by atoms with van der Waals surface area (Å²) in [5, 5.41) is 10.7. The molecule has 2 atom stereocenters. The van der Waals surface area contributed by atoms with E-state index in [2.05, 4.69) is 4.98 Å². The van der Waals surface area contributed by atoms with E-state index in [4.69, 9.17) is 15.2 Å². The fourth-order valence-electron chi connectivity index (χ4n) is 2.29. The third kappa shape index (κ3) is 3.32. The summed E-state index contributed by atoms with van der Waals surface area (Å²) in [4.78, 5) is 4.28. The molecule has 2 unspecified atom stereocenters. The van der Waals surface area contributed by atoms with Crippen molar-refractivity contribution >= 4 is 0 Å². The van der Waals surface area contributed by atoms with Crippen LogP contribution in [0.2, 0.25) is 0 Å². The monoisotopic (exact) mass is 288 g/mol. The Bertz CT molecular complexity index is 575. The predicted molar refractivity (Wildman–Crippen MR) is 80.5 cm³/mol. The van der Waals surface area contributed by atoms with Crippen LogP contribution < -0.4 is 15.2 Å². The van der Waals surface area contributed by atoms with Gasteiger partial charge in [-0.3, -0.25) is 4.98 Å². The molecule has 1 aromatic heterocycles. The lowest BCUT2D eigenvalue weighted by Gasteiger charge is -2.23. The van der Waals surface area contributed by atoms with E-state index in [-0.39, 0.29) is 12.5 Å². The first kappa shape index (κ1) is 15.3. The van der Waals surface area contributed by atoms with Crippen molar-refractivity contribution in [3.05, 3.63) is 53.9 Å². The number of aliphatic hydroxyl groups excluding tert-OH is 1. The van der Waals surface area contributed by atoms with Gasteiger partial charge in [0.05, 0.1) is 20.3 Å². The summed E-state index contributed by atoms with van der Waals surface area (Å²) in [5.74, 6) is 0.937. The average Bonchev–Trinajstić information content (AvgIpc) is 2.55. The van der Waals surface area contributed by atoms with Gasteiger partial charge in [-0.1, -0.05) is 6.07 Å². The van der Waals surface area contributed by atoms with Crippen LogP contribution in [0, 0.1) is 0 Å². The highest BCUT2D eigenvalue weighted by atomic mass is 16.5. The van der Waals surface area contributed by atoms with Gasteiger partial charge in [-0.2, -0.15) is 0 Å². The van der Waals surface area contributed by atoms with Crippen LogP contribution in [0.25, 0.3) is 0 Å². The molecule has 5 nitrogen and oxygen atoms in total. The van der Waals surface area contributed by atoms with Crippen LogP contribution in [0.5, 0.6) is 11.5 Å².